The summed E-state index contributed by atoms with van der Waals surface area (Å²) in [6.07, 6.45) is 5.76. The predicted octanol–water partition coefficient (Wildman–Crippen LogP) is 1.83. The predicted molar refractivity (Wildman–Crippen MR) is 87.1 cm³/mol. The molecule has 3 N–H and O–H groups in total. The molecule has 4 rings (SSSR count). The third kappa shape index (κ3) is 2.80. The minimum Gasteiger partial charge on any atom is -0.353 e. The van der Waals surface area contributed by atoms with Gasteiger partial charge >= 0.3 is 6.03 Å². The molecule has 0 aromatic heterocycles. The van der Waals surface area contributed by atoms with E-state index in [2.05, 4.69) is 34.1 Å². The van der Waals surface area contributed by atoms with Gasteiger partial charge < -0.3 is 16.0 Å². The molecule has 1 heterocycles. The van der Waals surface area contributed by atoms with Crippen LogP contribution in [0.4, 0.5) is 4.79 Å². The van der Waals surface area contributed by atoms with E-state index in [1.54, 1.807) is 0 Å². The number of hydrogen-bond donors (Lipinski definition) is 3. The van der Waals surface area contributed by atoms with E-state index < -0.39 is 0 Å². The maximum atomic E-state index is 12.8. The summed E-state index contributed by atoms with van der Waals surface area (Å²) in [7, 11) is 0. The molecule has 4 atom stereocenters. The molecule has 3 amide bonds. The van der Waals surface area contributed by atoms with E-state index in [1.807, 2.05) is 6.07 Å². The Labute approximate surface area is 136 Å². The number of rotatable bonds is 2. The Hall–Kier alpha value is -2.04. The molecule has 0 radical (unpaired) electrons. The Bertz CT molecular complexity index is 630. The average molecular weight is 313 g/mol. The van der Waals surface area contributed by atoms with Gasteiger partial charge in [-0.1, -0.05) is 24.3 Å². The van der Waals surface area contributed by atoms with Gasteiger partial charge in [-0.2, -0.15) is 0 Å². The van der Waals surface area contributed by atoms with Crippen molar-refractivity contribution in [1.29, 1.82) is 0 Å². The minimum absolute atomic E-state index is 0.0195. The second kappa shape index (κ2) is 5.87. The van der Waals surface area contributed by atoms with Crippen LogP contribution in [0.1, 0.15) is 49.1 Å². The third-order valence-corrected chi connectivity index (χ3v) is 5.52. The molecule has 122 valence electrons. The molecule has 1 aliphatic heterocycles. The largest absolute Gasteiger partial charge is 0.353 e. The van der Waals surface area contributed by atoms with Gasteiger partial charge in [0.1, 0.15) is 0 Å². The van der Waals surface area contributed by atoms with Gasteiger partial charge in [0, 0.05) is 6.04 Å². The minimum atomic E-state index is -0.0758. The highest BCUT2D eigenvalue weighted by molar-refractivity contribution is 5.84. The zero-order valence-electron chi connectivity index (χ0n) is 13.2. The van der Waals surface area contributed by atoms with E-state index in [9.17, 15) is 9.59 Å². The smallest absolute Gasteiger partial charge is 0.315 e. The van der Waals surface area contributed by atoms with Crippen LogP contribution in [0.5, 0.6) is 0 Å². The van der Waals surface area contributed by atoms with Crippen molar-refractivity contribution >= 4 is 11.9 Å². The first-order valence-corrected chi connectivity index (χ1v) is 8.66. The Morgan fingerprint density at radius 2 is 1.91 bits per heavy atom. The molecule has 5 nitrogen and oxygen atoms in total. The lowest BCUT2D eigenvalue weighted by Crippen LogP contribution is -2.49. The molecule has 1 saturated heterocycles. The van der Waals surface area contributed by atoms with Crippen LogP contribution in [0.15, 0.2) is 24.3 Å². The van der Waals surface area contributed by atoms with Gasteiger partial charge in [-0.05, 0) is 49.7 Å². The maximum absolute atomic E-state index is 12.8. The molecule has 1 saturated carbocycles. The summed E-state index contributed by atoms with van der Waals surface area (Å²) in [5, 5.41) is 9.14. The zero-order chi connectivity index (χ0) is 15.8. The van der Waals surface area contributed by atoms with Gasteiger partial charge in [-0.25, -0.2) is 4.79 Å². The lowest BCUT2D eigenvalue weighted by Gasteiger charge is -2.33. The highest BCUT2D eigenvalue weighted by Gasteiger charge is 2.38. The van der Waals surface area contributed by atoms with Crippen molar-refractivity contribution in [1.82, 2.24) is 16.0 Å². The van der Waals surface area contributed by atoms with Crippen molar-refractivity contribution in [3.63, 3.8) is 0 Å². The number of fused-ring (bicyclic) bond motifs is 2. The van der Waals surface area contributed by atoms with Crippen molar-refractivity contribution in [2.24, 2.45) is 0 Å². The molecule has 0 bridgehead atoms. The number of benzene rings is 1. The molecule has 3 unspecified atom stereocenters. The van der Waals surface area contributed by atoms with E-state index in [0.717, 1.165) is 38.5 Å². The maximum Gasteiger partial charge on any atom is 0.315 e. The van der Waals surface area contributed by atoms with Crippen LogP contribution in [0.3, 0.4) is 0 Å². The Morgan fingerprint density at radius 1 is 1.09 bits per heavy atom. The molecule has 1 aromatic carbocycles. The second-order valence-corrected chi connectivity index (χ2v) is 6.99. The van der Waals surface area contributed by atoms with Crippen molar-refractivity contribution < 1.29 is 9.59 Å². The number of aryl methyl sites for hydroxylation is 1. The first kappa shape index (κ1) is 14.5. The monoisotopic (exact) mass is 313 g/mol. The number of nitrogens with one attached hydrogen (secondary N) is 3. The lowest BCUT2D eigenvalue weighted by atomic mass is 9.81. The molecule has 2 fully saturated rings. The molecule has 3 aliphatic rings. The van der Waals surface area contributed by atoms with Crippen LogP contribution in [0, 0.1) is 0 Å². The fourth-order valence-electron chi connectivity index (χ4n) is 4.34. The van der Waals surface area contributed by atoms with Gasteiger partial charge in [0.05, 0.1) is 18.0 Å². The molecular formula is C18H23N3O2. The molecule has 5 heteroatoms. The highest BCUT2D eigenvalue weighted by atomic mass is 16.2. The van der Waals surface area contributed by atoms with Crippen LogP contribution >= 0.6 is 0 Å². The van der Waals surface area contributed by atoms with Crippen LogP contribution in [-0.2, 0) is 11.2 Å². The van der Waals surface area contributed by atoms with Crippen LogP contribution in [0.25, 0.3) is 0 Å². The summed E-state index contributed by atoms with van der Waals surface area (Å²) in [5.74, 6) is 0.131. The summed E-state index contributed by atoms with van der Waals surface area (Å²) >= 11 is 0. The van der Waals surface area contributed by atoms with E-state index in [-0.39, 0.29) is 36.0 Å². The van der Waals surface area contributed by atoms with E-state index >= 15 is 0 Å². The van der Waals surface area contributed by atoms with E-state index in [1.165, 1.54) is 11.1 Å². The fourth-order valence-corrected chi connectivity index (χ4v) is 4.34. The van der Waals surface area contributed by atoms with Crippen molar-refractivity contribution in [3.8, 4) is 0 Å². The number of carbonyl (C=O) groups is 2. The quantitative estimate of drug-likeness (QED) is 0.779. The zero-order valence-corrected chi connectivity index (χ0v) is 13.2. The average Bonchev–Trinajstić information content (AvgIpc) is 2.93. The standard InChI is InChI=1S/C18H23N3O2/c22-17(14-7-3-5-11-4-1-2-6-13(11)14)19-12-8-9-15-16(10-12)21-18(23)20-15/h1-2,4,6,12,14-16H,3,5,7-10H2,(H,19,22)(H2,20,21,23)/t12?,14-,15?,16?/m1/s1. The third-order valence-electron chi connectivity index (χ3n) is 5.52. The lowest BCUT2D eigenvalue weighted by molar-refractivity contribution is -0.123. The number of amides is 3. The fraction of sp³-hybridized carbons (Fsp3) is 0.556. The van der Waals surface area contributed by atoms with E-state index in [4.69, 9.17) is 0 Å². The molecule has 2 aliphatic carbocycles. The Morgan fingerprint density at radius 3 is 2.83 bits per heavy atom. The highest BCUT2D eigenvalue weighted by Crippen LogP contribution is 2.32. The topological polar surface area (TPSA) is 70.2 Å². The summed E-state index contributed by atoms with van der Waals surface area (Å²) in [6, 6.07) is 8.78. The van der Waals surface area contributed by atoms with Gasteiger partial charge in [-0.15, -0.1) is 0 Å². The van der Waals surface area contributed by atoms with Gasteiger partial charge in [0.25, 0.3) is 0 Å². The number of carbonyl (C=O) groups excluding carboxylic acids is 2. The SMILES string of the molecule is O=C1NC2CCC(NC(=O)[C@@H]3CCCc4ccccc43)CC2N1. The molecular weight excluding hydrogens is 290 g/mol. The Balaban J connectivity index is 1.42. The van der Waals surface area contributed by atoms with Gasteiger partial charge in [0.2, 0.25) is 5.91 Å². The summed E-state index contributed by atoms with van der Waals surface area (Å²) in [5.41, 5.74) is 2.51. The van der Waals surface area contributed by atoms with Crippen molar-refractivity contribution in [2.75, 3.05) is 0 Å². The van der Waals surface area contributed by atoms with Crippen LogP contribution in [0.2, 0.25) is 0 Å². The van der Waals surface area contributed by atoms with Crippen molar-refractivity contribution in [2.45, 2.75) is 62.6 Å². The van der Waals surface area contributed by atoms with E-state index in [0.29, 0.717) is 0 Å². The molecule has 0 spiro atoms. The van der Waals surface area contributed by atoms with Gasteiger partial charge in [-0.3, -0.25) is 4.79 Å². The summed E-state index contributed by atoms with van der Waals surface area (Å²) < 4.78 is 0. The number of urea groups is 1. The van der Waals surface area contributed by atoms with Crippen LogP contribution in [-0.4, -0.2) is 30.1 Å². The normalized spacial score (nSPS) is 32.3. The summed E-state index contributed by atoms with van der Waals surface area (Å²) in [6.45, 7) is 0. The summed E-state index contributed by atoms with van der Waals surface area (Å²) in [4.78, 5) is 24.2. The van der Waals surface area contributed by atoms with Gasteiger partial charge in [0.15, 0.2) is 0 Å². The first-order chi connectivity index (χ1) is 11.2. The van der Waals surface area contributed by atoms with Crippen LogP contribution < -0.4 is 16.0 Å². The molecule has 23 heavy (non-hydrogen) atoms. The second-order valence-electron chi connectivity index (χ2n) is 6.99. The number of hydrogen-bond acceptors (Lipinski definition) is 2. The Kier molecular flexibility index (Phi) is 3.71. The molecule has 1 aromatic rings. The van der Waals surface area contributed by atoms with Crippen molar-refractivity contribution in [3.05, 3.63) is 35.4 Å². The first-order valence-electron chi connectivity index (χ1n) is 8.66.